The van der Waals surface area contributed by atoms with Gasteiger partial charge >= 0.3 is 5.97 Å². The summed E-state index contributed by atoms with van der Waals surface area (Å²) in [7, 11) is 1.68. The molecule has 1 unspecified atom stereocenters. The second kappa shape index (κ2) is 10.9. The van der Waals surface area contributed by atoms with Crippen LogP contribution in [0.3, 0.4) is 0 Å². The minimum absolute atomic E-state index is 0.0298. The van der Waals surface area contributed by atoms with Crippen LogP contribution in [0.1, 0.15) is 62.0 Å². The third-order valence-electron chi connectivity index (χ3n) is 6.28. The van der Waals surface area contributed by atoms with Crippen LogP contribution in [0.15, 0.2) is 36.4 Å². The van der Waals surface area contributed by atoms with Crippen molar-refractivity contribution < 1.29 is 19.4 Å². The highest BCUT2D eigenvalue weighted by molar-refractivity contribution is 7.18. The normalized spacial score (nSPS) is 19.7. The van der Waals surface area contributed by atoms with Gasteiger partial charge < -0.3 is 14.7 Å². The molecule has 0 aliphatic heterocycles. The van der Waals surface area contributed by atoms with Crippen LogP contribution < -0.4 is 4.90 Å². The van der Waals surface area contributed by atoms with Crippen molar-refractivity contribution in [2.75, 3.05) is 18.6 Å². The Labute approximate surface area is 189 Å². The largest absolute Gasteiger partial charge is 0.477 e. The highest BCUT2D eigenvalue weighted by atomic mass is 32.1. The Morgan fingerprint density at radius 3 is 2.48 bits per heavy atom. The molecule has 0 saturated heterocycles. The first-order valence-electron chi connectivity index (χ1n) is 11.2. The van der Waals surface area contributed by atoms with Crippen molar-refractivity contribution in [3.05, 3.63) is 41.3 Å². The highest BCUT2D eigenvalue weighted by Crippen LogP contribution is 2.39. The molecule has 1 aliphatic carbocycles. The average molecular weight is 444 g/mol. The van der Waals surface area contributed by atoms with Crippen LogP contribution in [0.25, 0.3) is 10.4 Å². The number of methoxy groups -OCH3 is 1. The summed E-state index contributed by atoms with van der Waals surface area (Å²) in [5, 5.41) is 9.91. The SMILES string of the molecule is COC(C)CCCN(C(=O)C1CCC(C)CC1)c1cc(-c2ccccc2)sc1C(=O)O. The minimum Gasteiger partial charge on any atom is -0.477 e. The molecule has 1 aromatic heterocycles. The van der Waals surface area contributed by atoms with Crippen LogP contribution in [-0.2, 0) is 9.53 Å². The number of carbonyl (C=O) groups is 2. The lowest BCUT2D eigenvalue weighted by molar-refractivity contribution is -0.123. The molecule has 1 N–H and O–H groups in total. The standard InChI is InChI=1S/C25H33NO4S/c1-17-11-13-20(14-12-17)24(27)26(15-7-8-18(2)30-3)21-16-22(31-23(21)25(28)29)19-9-5-4-6-10-19/h4-6,9-10,16-18,20H,7-8,11-15H2,1-3H3,(H,28,29). The zero-order valence-electron chi connectivity index (χ0n) is 18.7. The van der Waals surface area contributed by atoms with E-state index in [9.17, 15) is 14.7 Å². The van der Waals surface area contributed by atoms with Crippen LogP contribution in [-0.4, -0.2) is 36.7 Å². The van der Waals surface area contributed by atoms with E-state index >= 15 is 0 Å². The third kappa shape index (κ3) is 5.95. The van der Waals surface area contributed by atoms with E-state index in [1.165, 1.54) is 11.3 Å². The average Bonchev–Trinajstić information content (AvgIpc) is 3.23. The number of benzene rings is 1. The predicted molar refractivity (Wildman–Crippen MR) is 126 cm³/mol. The van der Waals surface area contributed by atoms with Crippen LogP contribution in [0.4, 0.5) is 5.69 Å². The van der Waals surface area contributed by atoms with Gasteiger partial charge in [0.05, 0.1) is 11.8 Å². The molecule has 1 heterocycles. The van der Waals surface area contributed by atoms with Gasteiger partial charge in [0.2, 0.25) is 5.91 Å². The molecular formula is C25H33NO4S. The Bertz CT molecular complexity index is 871. The second-order valence-electron chi connectivity index (χ2n) is 8.63. The number of carbonyl (C=O) groups excluding carboxylic acids is 1. The maximum atomic E-state index is 13.6. The first kappa shape index (κ1) is 23.5. The molecule has 1 amide bonds. The number of aromatic carboxylic acids is 1. The molecule has 168 valence electrons. The Balaban J connectivity index is 1.92. The summed E-state index contributed by atoms with van der Waals surface area (Å²) in [6.45, 7) is 4.75. The monoisotopic (exact) mass is 443 g/mol. The first-order valence-corrected chi connectivity index (χ1v) is 12.0. The van der Waals surface area contributed by atoms with E-state index in [4.69, 9.17) is 4.74 Å². The second-order valence-corrected chi connectivity index (χ2v) is 9.68. The summed E-state index contributed by atoms with van der Waals surface area (Å²) in [4.78, 5) is 28.5. The Morgan fingerprint density at radius 1 is 1.19 bits per heavy atom. The zero-order valence-corrected chi connectivity index (χ0v) is 19.5. The molecule has 5 nitrogen and oxygen atoms in total. The number of nitrogens with zero attached hydrogens (tertiary/aromatic N) is 1. The number of hydrogen-bond acceptors (Lipinski definition) is 4. The van der Waals surface area contributed by atoms with Crippen molar-refractivity contribution in [3.8, 4) is 10.4 Å². The van der Waals surface area contributed by atoms with Crippen molar-refractivity contribution in [2.24, 2.45) is 11.8 Å². The van der Waals surface area contributed by atoms with Gasteiger partial charge in [-0.15, -0.1) is 11.3 Å². The van der Waals surface area contributed by atoms with Gasteiger partial charge in [0.15, 0.2) is 0 Å². The van der Waals surface area contributed by atoms with Crippen molar-refractivity contribution >= 4 is 28.9 Å². The van der Waals surface area contributed by atoms with Crippen molar-refractivity contribution in [3.63, 3.8) is 0 Å². The fourth-order valence-corrected chi connectivity index (χ4v) is 5.22. The number of hydrogen-bond donors (Lipinski definition) is 1. The Hall–Kier alpha value is -2.18. The molecule has 1 fully saturated rings. The van der Waals surface area contributed by atoms with Crippen molar-refractivity contribution in [1.82, 2.24) is 0 Å². The van der Waals surface area contributed by atoms with E-state index in [2.05, 4.69) is 6.92 Å². The fourth-order valence-electron chi connectivity index (χ4n) is 4.21. The molecule has 0 radical (unpaired) electrons. The molecule has 31 heavy (non-hydrogen) atoms. The summed E-state index contributed by atoms with van der Waals surface area (Å²) in [5.41, 5.74) is 1.50. The summed E-state index contributed by atoms with van der Waals surface area (Å²) in [6.07, 6.45) is 5.55. The fraction of sp³-hybridized carbons (Fsp3) is 0.520. The molecule has 1 aliphatic rings. The molecule has 1 saturated carbocycles. The maximum Gasteiger partial charge on any atom is 0.348 e. The molecule has 3 rings (SSSR count). The van der Waals surface area contributed by atoms with E-state index in [1.807, 2.05) is 43.3 Å². The molecule has 1 atom stereocenters. The number of thiophene rings is 1. The molecule has 0 spiro atoms. The van der Waals surface area contributed by atoms with Gasteiger partial charge in [0, 0.05) is 24.4 Å². The molecule has 2 aromatic rings. The zero-order chi connectivity index (χ0) is 22.4. The third-order valence-corrected chi connectivity index (χ3v) is 7.44. The number of carboxylic acids is 1. The summed E-state index contributed by atoms with van der Waals surface area (Å²) in [6, 6.07) is 11.6. The van der Waals surface area contributed by atoms with E-state index in [-0.39, 0.29) is 22.8 Å². The molecule has 6 heteroatoms. The Morgan fingerprint density at radius 2 is 1.87 bits per heavy atom. The lowest BCUT2D eigenvalue weighted by Crippen LogP contribution is -2.39. The van der Waals surface area contributed by atoms with E-state index in [0.717, 1.165) is 49.0 Å². The summed E-state index contributed by atoms with van der Waals surface area (Å²) in [5.74, 6) is -0.294. The topological polar surface area (TPSA) is 66.8 Å². The van der Waals surface area contributed by atoms with E-state index < -0.39 is 5.97 Å². The molecule has 1 aromatic carbocycles. The minimum atomic E-state index is -0.984. The van der Waals surface area contributed by atoms with Gasteiger partial charge in [0.25, 0.3) is 0 Å². The number of ether oxygens (including phenoxy) is 1. The van der Waals surface area contributed by atoms with Gasteiger partial charge in [-0.1, -0.05) is 37.3 Å². The van der Waals surface area contributed by atoms with E-state index in [0.29, 0.717) is 18.2 Å². The lowest BCUT2D eigenvalue weighted by Gasteiger charge is -2.31. The van der Waals surface area contributed by atoms with Crippen molar-refractivity contribution in [2.45, 2.75) is 58.5 Å². The van der Waals surface area contributed by atoms with E-state index in [1.54, 1.807) is 12.0 Å². The summed E-state index contributed by atoms with van der Waals surface area (Å²) >= 11 is 1.24. The van der Waals surface area contributed by atoms with Crippen LogP contribution in [0, 0.1) is 11.8 Å². The number of rotatable bonds is 9. The van der Waals surface area contributed by atoms with Crippen LogP contribution in [0.5, 0.6) is 0 Å². The predicted octanol–water partition coefficient (Wildman–Crippen LogP) is 6.09. The smallest absolute Gasteiger partial charge is 0.348 e. The Kier molecular flexibility index (Phi) is 8.27. The van der Waals surface area contributed by atoms with Crippen LogP contribution >= 0.6 is 11.3 Å². The lowest BCUT2D eigenvalue weighted by atomic mass is 9.82. The van der Waals surface area contributed by atoms with Gasteiger partial charge in [0.1, 0.15) is 4.88 Å². The van der Waals surface area contributed by atoms with Gasteiger partial charge in [-0.2, -0.15) is 0 Å². The number of anilines is 1. The van der Waals surface area contributed by atoms with Crippen LogP contribution in [0.2, 0.25) is 0 Å². The quantitative estimate of drug-likeness (QED) is 0.509. The van der Waals surface area contributed by atoms with Gasteiger partial charge in [-0.25, -0.2) is 4.79 Å². The highest BCUT2D eigenvalue weighted by Gasteiger charge is 2.32. The number of amides is 1. The van der Waals surface area contributed by atoms with Gasteiger partial charge in [-0.05, 0) is 63.0 Å². The maximum absolute atomic E-state index is 13.6. The summed E-state index contributed by atoms with van der Waals surface area (Å²) < 4.78 is 5.35. The molecule has 0 bridgehead atoms. The van der Waals surface area contributed by atoms with Gasteiger partial charge in [-0.3, -0.25) is 4.79 Å². The number of carboxylic acid groups (broad SMARTS) is 1. The van der Waals surface area contributed by atoms with Crippen molar-refractivity contribution in [1.29, 1.82) is 0 Å². The molecular weight excluding hydrogens is 410 g/mol. The first-order chi connectivity index (χ1) is 14.9.